The highest BCUT2D eigenvalue weighted by Crippen LogP contribution is 2.39. The summed E-state index contributed by atoms with van der Waals surface area (Å²) in [6.45, 7) is -2.71. The number of hydrogen-bond donors (Lipinski definition) is 2. The number of carbonyl (C=O) groups is 1. The van der Waals surface area contributed by atoms with Crippen LogP contribution in [0.2, 0.25) is 0 Å². The summed E-state index contributed by atoms with van der Waals surface area (Å²) in [5, 5.41) is 13.2. The molecule has 0 unspecified atom stereocenters. The summed E-state index contributed by atoms with van der Waals surface area (Å²) in [5.74, 6) is 0.274. The summed E-state index contributed by atoms with van der Waals surface area (Å²) in [6.07, 6.45) is 5.17. The van der Waals surface area contributed by atoms with Crippen molar-refractivity contribution in [2.75, 3.05) is 13.2 Å². The zero-order valence-electron chi connectivity index (χ0n) is 21.9. The molecule has 3 N–H and O–H groups in total. The molecule has 2 heterocycles. The van der Waals surface area contributed by atoms with Crippen LogP contribution >= 0.6 is 0 Å². The van der Waals surface area contributed by atoms with Crippen LogP contribution in [0.5, 0.6) is 0 Å². The molecule has 10 heteroatoms. The fourth-order valence-corrected chi connectivity index (χ4v) is 5.60. The maximum absolute atomic E-state index is 13.3. The molecule has 1 saturated heterocycles. The maximum atomic E-state index is 13.3. The van der Waals surface area contributed by atoms with Gasteiger partial charge < -0.3 is 24.9 Å². The Kier molecular flexibility index (Phi) is 6.59. The summed E-state index contributed by atoms with van der Waals surface area (Å²) < 4.78 is 41.9. The molecule has 3 fully saturated rings. The molecule has 40 heavy (non-hydrogen) atoms. The standard InChI is InChI=1S/C30H30F2N4O4/c31-27(32)40-30(17-38-18-30)22-8-6-19(7-9-22)20-4-5-21-15-24(39-23(21)14-20)25(34)35-29(10-2-1-3-11-29)26(37)36-28(16-33)12-13-28/h4-9,14-15,27H,1-3,10-13,17-18H2,(H2,34,35)(H,36,37). The molecule has 0 spiro atoms. The van der Waals surface area contributed by atoms with Gasteiger partial charge in [0.2, 0.25) is 5.91 Å². The van der Waals surface area contributed by atoms with Gasteiger partial charge in [-0.1, -0.05) is 55.7 Å². The Morgan fingerprint density at radius 2 is 1.73 bits per heavy atom. The number of amidine groups is 1. The van der Waals surface area contributed by atoms with Crippen molar-refractivity contribution in [1.29, 1.82) is 5.26 Å². The number of ether oxygens (including phenoxy) is 2. The third kappa shape index (κ3) is 4.84. The van der Waals surface area contributed by atoms with E-state index in [1.807, 2.05) is 30.3 Å². The molecule has 2 aromatic carbocycles. The topological polar surface area (TPSA) is 123 Å². The molecular formula is C30H30F2N4O4. The van der Waals surface area contributed by atoms with Gasteiger partial charge in [-0.25, -0.2) is 4.99 Å². The van der Waals surface area contributed by atoms with Gasteiger partial charge in [0.25, 0.3) is 0 Å². The minimum absolute atomic E-state index is 0.0862. The van der Waals surface area contributed by atoms with Crippen molar-refractivity contribution in [3.63, 3.8) is 0 Å². The van der Waals surface area contributed by atoms with Gasteiger partial charge in [0, 0.05) is 5.39 Å². The van der Waals surface area contributed by atoms with E-state index in [0.717, 1.165) is 35.8 Å². The number of hydrogen-bond acceptors (Lipinski definition) is 6. The molecule has 3 aliphatic rings. The monoisotopic (exact) mass is 548 g/mol. The lowest BCUT2D eigenvalue weighted by atomic mass is 9.81. The lowest BCUT2D eigenvalue weighted by Crippen LogP contribution is -2.51. The predicted molar refractivity (Wildman–Crippen MR) is 143 cm³/mol. The SMILES string of the molecule is N#CC1(NC(=O)C2(N=C(N)c3cc4ccc(-c5ccc(C6(OC(F)F)COC6)cc5)cc4o3)CCCCC2)CC1. The Morgan fingerprint density at radius 1 is 1.02 bits per heavy atom. The van der Waals surface area contributed by atoms with Gasteiger partial charge in [-0.05, 0) is 54.5 Å². The van der Waals surface area contributed by atoms with E-state index in [4.69, 9.17) is 24.6 Å². The number of nitrogens with two attached hydrogens (primary N) is 1. The summed E-state index contributed by atoms with van der Waals surface area (Å²) in [6, 6.07) is 17.0. The highest BCUT2D eigenvalue weighted by molar-refractivity contribution is 6.01. The van der Waals surface area contributed by atoms with E-state index < -0.39 is 23.3 Å². The number of nitriles is 1. The normalized spacial score (nSPS) is 21.0. The van der Waals surface area contributed by atoms with Crippen LogP contribution in [0, 0.1) is 11.3 Å². The first-order chi connectivity index (χ1) is 19.3. The van der Waals surface area contributed by atoms with Crippen molar-refractivity contribution in [2.45, 2.75) is 68.2 Å². The van der Waals surface area contributed by atoms with Gasteiger partial charge in [0.05, 0.1) is 19.3 Å². The first-order valence-electron chi connectivity index (χ1n) is 13.5. The van der Waals surface area contributed by atoms with E-state index in [1.165, 1.54) is 0 Å². The van der Waals surface area contributed by atoms with Crippen LogP contribution in [-0.4, -0.2) is 42.6 Å². The van der Waals surface area contributed by atoms with E-state index in [-0.39, 0.29) is 25.0 Å². The maximum Gasteiger partial charge on any atom is 0.346 e. The Bertz CT molecular complexity index is 1490. The minimum atomic E-state index is -2.88. The molecule has 6 rings (SSSR count). The first kappa shape index (κ1) is 26.4. The van der Waals surface area contributed by atoms with E-state index in [0.29, 0.717) is 42.6 Å². The molecule has 2 aliphatic carbocycles. The number of nitrogens with zero attached hydrogens (tertiary/aromatic N) is 2. The lowest BCUT2D eigenvalue weighted by molar-refractivity contribution is -0.293. The second kappa shape index (κ2) is 9.98. The number of halogens is 2. The quantitative estimate of drug-likeness (QED) is 0.297. The average Bonchev–Trinajstić information content (AvgIpc) is 3.58. The van der Waals surface area contributed by atoms with Crippen LogP contribution in [0.1, 0.15) is 56.3 Å². The highest BCUT2D eigenvalue weighted by atomic mass is 19.3. The van der Waals surface area contributed by atoms with Crippen molar-refractivity contribution < 1.29 is 27.5 Å². The number of rotatable bonds is 8. The number of benzene rings is 2. The van der Waals surface area contributed by atoms with E-state index in [2.05, 4.69) is 11.4 Å². The number of furan rings is 1. The van der Waals surface area contributed by atoms with Gasteiger partial charge in [-0.15, -0.1) is 0 Å². The van der Waals surface area contributed by atoms with Crippen molar-refractivity contribution >= 4 is 22.7 Å². The molecule has 3 aromatic rings. The second-order valence-corrected chi connectivity index (χ2v) is 11.0. The summed E-state index contributed by atoms with van der Waals surface area (Å²) in [4.78, 5) is 18.1. The number of fused-ring (bicyclic) bond motifs is 1. The van der Waals surface area contributed by atoms with Crippen LogP contribution in [0.3, 0.4) is 0 Å². The van der Waals surface area contributed by atoms with Crippen molar-refractivity contribution in [2.24, 2.45) is 10.7 Å². The Labute approximate surface area is 230 Å². The van der Waals surface area contributed by atoms with Crippen molar-refractivity contribution in [3.05, 3.63) is 59.9 Å². The van der Waals surface area contributed by atoms with Crippen molar-refractivity contribution in [3.8, 4) is 17.2 Å². The molecule has 0 atom stereocenters. The molecule has 2 saturated carbocycles. The minimum Gasteiger partial charge on any atom is -0.453 e. The Hall–Kier alpha value is -3.81. The van der Waals surface area contributed by atoms with Crippen LogP contribution < -0.4 is 11.1 Å². The molecule has 1 aliphatic heterocycles. The summed E-state index contributed by atoms with van der Waals surface area (Å²) in [7, 11) is 0. The highest BCUT2D eigenvalue weighted by Gasteiger charge is 2.49. The Morgan fingerprint density at radius 3 is 2.33 bits per heavy atom. The molecule has 0 bridgehead atoms. The van der Waals surface area contributed by atoms with E-state index >= 15 is 0 Å². The third-order valence-electron chi connectivity index (χ3n) is 8.26. The number of alkyl halides is 2. The second-order valence-electron chi connectivity index (χ2n) is 11.0. The van der Waals surface area contributed by atoms with Gasteiger partial charge >= 0.3 is 6.61 Å². The number of nitrogens with one attached hydrogen (secondary N) is 1. The van der Waals surface area contributed by atoms with E-state index in [1.54, 1.807) is 18.2 Å². The average molecular weight is 549 g/mol. The summed E-state index contributed by atoms with van der Waals surface area (Å²) >= 11 is 0. The molecule has 1 amide bonds. The first-order valence-corrected chi connectivity index (χ1v) is 13.5. The number of carbonyl (C=O) groups excluding carboxylic acids is 1. The van der Waals surface area contributed by atoms with Gasteiger partial charge in [0.1, 0.15) is 22.3 Å². The number of aliphatic imine (C=N–C) groups is 1. The van der Waals surface area contributed by atoms with E-state index in [9.17, 15) is 18.8 Å². The van der Waals surface area contributed by atoms with Crippen molar-refractivity contribution in [1.82, 2.24) is 5.32 Å². The molecule has 0 radical (unpaired) electrons. The molecule has 1 aromatic heterocycles. The number of amides is 1. The van der Waals surface area contributed by atoms with Crippen LogP contribution in [0.15, 0.2) is 57.9 Å². The van der Waals surface area contributed by atoms with Gasteiger partial charge in [-0.3, -0.25) is 4.79 Å². The largest absolute Gasteiger partial charge is 0.453 e. The van der Waals surface area contributed by atoms with Crippen LogP contribution in [0.25, 0.3) is 22.1 Å². The molecule has 208 valence electrons. The molecular weight excluding hydrogens is 518 g/mol. The zero-order valence-corrected chi connectivity index (χ0v) is 21.9. The predicted octanol–water partition coefficient (Wildman–Crippen LogP) is 5.15. The summed E-state index contributed by atoms with van der Waals surface area (Å²) in [5.41, 5.74) is 6.49. The van der Waals surface area contributed by atoms with Crippen LogP contribution in [0.4, 0.5) is 8.78 Å². The fraction of sp³-hybridized carbons (Fsp3) is 0.433. The lowest BCUT2D eigenvalue weighted by Gasteiger charge is -2.41. The van der Waals surface area contributed by atoms with Gasteiger partial charge in [-0.2, -0.15) is 14.0 Å². The smallest absolute Gasteiger partial charge is 0.346 e. The Balaban J connectivity index is 1.25. The fourth-order valence-electron chi connectivity index (χ4n) is 5.60. The molecule has 8 nitrogen and oxygen atoms in total. The zero-order chi connectivity index (χ0) is 28.0. The van der Waals surface area contributed by atoms with Crippen LogP contribution in [-0.2, 0) is 19.9 Å². The van der Waals surface area contributed by atoms with Gasteiger partial charge in [0.15, 0.2) is 11.6 Å². The third-order valence-corrected chi connectivity index (χ3v) is 8.26.